The van der Waals surface area contributed by atoms with Gasteiger partial charge in [-0.3, -0.25) is 6.08 Å². The van der Waals surface area contributed by atoms with Gasteiger partial charge >= 0.3 is 95.6 Å². The molecular formula is C52H62Cl2Ti-2. The first-order valence-corrected chi connectivity index (χ1v) is 20.7. The second-order valence-corrected chi connectivity index (χ2v) is 19.6. The number of halogens is 2. The van der Waals surface area contributed by atoms with E-state index in [1.807, 2.05) is 12.1 Å². The SMILES string of the molecule is CC1[C-]=CC(C(C)(C)C)=C1.C[C-]1C2=C3Cc4ccccc4C3=C3C=CCCC3C2(C)C(C)(C)C(C)(C)C1(C)C.[Cl-].[Cl-].[Ti+2]=[C](c1ccccc1)c1ccccc1. The molecule has 3 aromatic rings. The molecule has 0 saturated heterocycles. The molecule has 0 amide bonds. The summed E-state index contributed by atoms with van der Waals surface area (Å²) in [5.74, 6) is 2.76. The number of fused-ring (bicyclic) bond motifs is 6. The van der Waals surface area contributed by atoms with E-state index in [2.05, 4.69) is 206 Å². The second-order valence-electron chi connectivity index (χ2n) is 18.8. The van der Waals surface area contributed by atoms with E-state index in [0.29, 0.717) is 17.3 Å². The molecule has 8 rings (SSSR count). The molecule has 1 fully saturated rings. The van der Waals surface area contributed by atoms with Crippen molar-refractivity contribution in [3.63, 3.8) is 0 Å². The van der Waals surface area contributed by atoms with Gasteiger partial charge in [-0.1, -0.05) is 152 Å². The van der Waals surface area contributed by atoms with Crippen LogP contribution in [0.5, 0.6) is 0 Å². The third-order valence-electron chi connectivity index (χ3n) is 14.7. The predicted octanol–water partition coefficient (Wildman–Crippen LogP) is 7.74. The van der Waals surface area contributed by atoms with Crippen molar-refractivity contribution >= 4 is 9.38 Å². The number of allylic oxidation sites excluding steroid dienone is 10. The fourth-order valence-corrected chi connectivity index (χ4v) is 10.5. The summed E-state index contributed by atoms with van der Waals surface area (Å²) in [6.45, 7) is 29.2. The summed E-state index contributed by atoms with van der Waals surface area (Å²) >= 11 is 2.16. The molecule has 5 aliphatic carbocycles. The molecule has 1 saturated carbocycles. The molecule has 290 valence electrons. The Hall–Kier alpha value is -2.61. The van der Waals surface area contributed by atoms with Crippen LogP contribution in [-0.4, -0.2) is 3.81 Å². The fourth-order valence-electron chi connectivity index (χ4n) is 10.00. The third kappa shape index (κ3) is 7.73. The van der Waals surface area contributed by atoms with Crippen molar-refractivity contribution in [3.05, 3.63) is 166 Å². The van der Waals surface area contributed by atoms with Crippen molar-refractivity contribution in [3.8, 4) is 0 Å². The molecule has 0 nitrogen and oxygen atoms in total. The molecule has 0 spiro atoms. The molecule has 3 unspecified atom stereocenters. The summed E-state index contributed by atoms with van der Waals surface area (Å²) in [4.78, 5) is 0. The summed E-state index contributed by atoms with van der Waals surface area (Å²) in [7, 11) is 0. The fraction of sp³-hybridized carbons (Fsp3) is 0.423. The van der Waals surface area contributed by atoms with Crippen LogP contribution in [0.3, 0.4) is 0 Å². The number of hydrogen-bond donors (Lipinski definition) is 0. The number of rotatable bonds is 2. The summed E-state index contributed by atoms with van der Waals surface area (Å²) in [5, 5.41) is 0. The molecule has 0 aromatic heterocycles. The van der Waals surface area contributed by atoms with E-state index in [0.717, 1.165) is 6.42 Å². The number of benzene rings is 3. The molecule has 3 atom stereocenters. The average Bonchev–Trinajstić information content (AvgIpc) is 3.76. The first kappa shape index (κ1) is 45.1. The van der Waals surface area contributed by atoms with Gasteiger partial charge in [0, 0.05) is 0 Å². The molecule has 55 heavy (non-hydrogen) atoms. The van der Waals surface area contributed by atoms with Gasteiger partial charge in [-0.2, -0.15) is 22.8 Å². The first-order valence-electron chi connectivity index (χ1n) is 19.9. The predicted molar refractivity (Wildman–Crippen MR) is 225 cm³/mol. The standard InChI is InChI=1S/C29H37.C13H10.C10H15.2ClH.Ti/c1-18-25-22-17-19-13-9-10-14-20(19)24(22)21-15-11-12-16-23(21)29(25,8)28(6,7)27(4,5)26(18,2)3;1-3-7-12(8-4-1)11-13-9-5-2-6-10-13;1-8-5-6-9(7-8)10(2,3)4;;;/h9-11,13-15,23H,12,16-17H2,1-8H3;1-10H;6-8H,1-4H3;2*1H;/q-1;;-1;;;+2/p-2. The Morgan fingerprint density at radius 3 is 1.84 bits per heavy atom. The van der Waals surface area contributed by atoms with E-state index < -0.39 is 0 Å². The summed E-state index contributed by atoms with van der Waals surface area (Å²) < 4.78 is 1.33. The Morgan fingerprint density at radius 1 is 0.782 bits per heavy atom. The maximum absolute atomic E-state index is 3.26. The van der Waals surface area contributed by atoms with Crippen LogP contribution in [0.15, 0.2) is 132 Å². The Morgan fingerprint density at radius 2 is 1.33 bits per heavy atom. The van der Waals surface area contributed by atoms with E-state index in [-0.39, 0.29) is 46.5 Å². The van der Waals surface area contributed by atoms with Gasteiger partial charge in [0.05, 0.1) is 0 Å². The van der Waals surface area contributed by atoms with Gasteiger partial charge < -0.3 is 24.8 Å². The Labute approximate surface area is 358 Å². The van der Waals surface area contributed by atoms with Gasteiger partial charge in [0.1, 0.15) is 0 Å². The molecule has 3 aromatic carbocycles. The number of hydrogen-bond acceptors (Lipinski definition) is 0. The molecular weight excluding hydrogens is 743 g/mol. The molecule has 5 aliphatic rings. The summed E-state index contributed by atoms with van der Waals surface area (Å²) in [6, 6.07) is 30.1. The van der Waals surface area contributed by atoms with Gasteiger partial charge in [0.2, 0.25) is 0 Å². The Balaban J connectivity index is 0.000000215. The van der Waals surface area contributed by atoms with Gasteiger partial charge in [0.25, 0.3) is 0 Å². The van der Waals surface area contributed by atoms with E-state index in [4.69, 9.17) is 0 Å². The zero-order chi connectivity index (χ0) is 38.6. The van der Waals surface area contributed by atoms with Crippen LogP contribution in [0.4, 0.5) is 0 Å². The third-order valence-corrected chi connectivity index (χ3v) is 15.6. The van der Waals surface area contributed by atoms with Crippen molar-refractivity contribution in [1.29, 1.82) is 0 Å². The minimum absolute atomic E-state index is 0. The van der Waals surface area contributed by atoms with Crippen molar-refractivity contribution in [2.24, 2.45) is 38.9 Å². The summed E-state index contributed by atoms with van der Waals surface area (Å²) in [5.41, 5.74) is 14.6. The normalized spacial score (nSPS) is 24.6. The molecule has 0 heterocycles. The van der Waals surface area contributed by atoms with Crippen LogP contribution >= 0.6 is 0 Å². The molecule has 0 radical (unpaired) electrons. The topological polar surface area (TPSA) is 0 Å². The van der Waals surface area contributed by atoms with E-state index in [9.17, 15) is 0 Å². The van der Waals surface area contributed by atoms with Crippen LogP contribution in [-0.2, 0) is 26.4 Å². The molecule has 3 heteroatoms. The second kappa shape index (κ2) is 16.7. The minimum atomic E-state index is 0. The summed E-state index contributed by atoms with van der Waals surface area (Å²) in [6.07, 6.45) is 16.2. The van der Waals surface area contributed by atoms with E-state index in [1.165, 1.54) is 44.5 Å². The zero-order valence-electron chi connectivity index (χ0n) is 35.4. The van der Waals surface area contributed by atoms with Crippen molar-refractivity contribution in [2.45, 2.75) is 102 Å². The quantitative estimate of drug-likeness (QED) is 0.184. The van der Waals surface area contributed by atoms with Gasteiger partial charge in [0.15, 0.2) is 0 Å². The molecule has 0 bridgehead atoms. The average molecular weight is 806 g/mol. The van der Waals surface area contributed by atoms with Crippen LogP contribution in [0.25, 0.3) is 5.57 Å². The Kier molecular flexibility index (Phi) is 13.7. The Bertz CT molecular complexity index is 1970. The molecule has 0 aliphatic heterocycles. The van der Waals surface area contributed by atoms with Crippen molar-refractivity contribution < 1.29 is 44.8 Å². The van der Waals surface area contributed by atoms with E-state index in [1.54, 1.807) is 28.2 Å². The van der Waals surface area contributed by atoms with Crippen molar-refractivity contribution in [2.75, 3.05) is 0 Å². The van der Waals surface area contributed by atoms with E-state index >= 15 is 0 Å². The van der Waals surface area contributed by atoms with Gasteiger partial charge in [-0.25, -0.2) is 12.0 Å². The maximum atomic E-state index is 3.26. The molecule has 0 N–H and O–H groups in total. The monoisotopic (exact) mass is 804 g/mol. The van der Waals surface area contributed by atoms with Crippen LogP contribution < -0.4 is 24.8 Å². The van der Waals surface area contributed by atoms with Crippen LogP contribution in [0.2, 0.25) is 0 Å². The van der Waals surface area contributed by atoms with Gasteiger partial charge in [-0.15, -0.1) is 6.92 Å². The first-order chi connectivity index (χ1) is 24.9. The zero-order valence-corrected chi connectivity index (χ0v) is 38.5. The van der Waals surface area contributed by atoms with Crippen LogP contribution in [0, 0.1) is 50.9 Å². The van der Waals surface area contributed by atoms with Gasteiger partial charge in [-0.05, 0) is 40.6 Å². The van der Waals surface area contributed by atoms with Crippen molar-refractivity contribution in [1.82, 2.24) is 0 Å². The van der Waals surface area contributed by atoms with Crippen LogP contribution in [0.1, 0.15) is 118 Å².